The number of anilines is 1. The zero-order valence-corrected chi connectivity index (χ0v) is 13.6. The maximum atomic E-state index is 11.8. The first kappa shape index (κ1) is 17.9. The van der Waals surface area contributed by atoms with Crippen LogP contribution < -0.4 is 5.73 Å². The van der Waals surface area contributed by atoms with E-state index in [1.54, 1.807) is 25.3 Å². The molecule has 0 atom stereocenters. The Morgan fingerprint density at radius 1 is 1.10 bits per heavy atom. The van der Waals surface area contributed by atoms with Gasteiger partial charge in [0.1, 0.15) is 6.61 Å². The molecular weight excluding hydrogens is 342 g/mol. The highest BCUT2D eigenvalue weighted by Crippen LogP contribution is 2.23. The fourth-order valence-corrected chi connectivity index (χ4v) is 1.82. The molecule has 1 aromatic carbocycles. The van der Waals surface area contributed by atoms with Crippen LogP contribution in [0.2, 0.25) is 0 Å². The molecule has 0 spiro atoms. The van der Waals surface area contributed by atoms with Crippen molar-refractivity contribution in [3.63, 3.8) is 0 Å². The summed E-state index contributed by atoms with van der Waals surface area (Å²) in [6.07, 6.45) is 0. The van der Waals surface area contributed by atoms with Crippen LogP contribution in [0.1, 0.15) is 10.4 Å². The van der Waals surface area contributed by atoms with Crippen molar-refractivity contribution in [2.24, 2.45) is 0 Å². The Balaban J connectivity index is 2.13. The average molecular weight is 362 g/mol. The van der Waals surface area contributed by atoms with E-state index < -0.39 is 5.97 Å². The van der Waals surface area contributed by atoms with E-state index in [1.807, 2.05) is 0 Å². The Hall–Kier alpha value is -1.15. The van der Waals surface area contributed by atoms with Crippen molar-refractivity contribution < 1.29 is 23.7 Å². The normalized spacial score (nSPS) is 10.6. The minimum atomic E-state index is -0.464. The van der Waals surface area contributed by atoms with Crippen LogP contribution in [0.3, 0.4) is 0 Å². The molecule has 0 aliphatic heterocycles. The molecule has 0 aromatic heterocycles. The predicted molar refractivity (Wildman–Crippen MR) is 82.4 cm³/mol. The highest BCUT2D eigenvalue weighted by molar-refractivity contribution is 9.10. The summed E-state index contributed by atoms with van der Waals surface area (Å²) in [4.78, 5) is 11.8. The number of nitrogens with two attached hydrogens (primary N) is 1. The largest absolute Gasteiger partial charge is 0.460 e. The lowest BCUT2D eigenvalue weighted by molar-refractivity contribution is 0.00574. The number of carbonyl (C=O) groups is 1. The molecule has 0 bridgehead atoms. The molecule has 2 N–H and O–H groups in total. The van der Waals surface area contributed by atoms with E-state index in [0.29, 0.717) is 48.8 Å². The number of esters is 1. The molecule has 0 saturated carbocycles. The molecule has 0 heterocycles. The van der Waals surface area contributed by atoms with Crippen molar-refractivity contribution in [3.8, 4) is 0 Å². The second-order valence-corrected chi connectivity index (χ2v) is 4.91. The van der Waals surface area contributed by atoms with Gasteiger partial charge in [0.25, 0.3) is 0 Å². The third kappa shape index (κ3) is 6.90. The number of ether oxygens (including phenoxy) is 4. The molecular formula is C14H20BrNO5. The lowest BCUT2D eigenvalue weighted by atomic mass is 10.2. The SMILES string of the molecule is COCCOCCOCCOC(=O)c1cccc(Br)c1N. The second-order valence-electron chi connectivity index (χ2n) is 4.05. The maximum Gasteiger partial charge on any atom is 0.340 e. The molecule has 6 nitrogen and oxygen atoms in total. The minimum absolute atomic E-state index is 0.170. The van der Waals surface area contributed by atoms with Gasteiger partial charge in [-0.15, -0.1) is 0 Å². The van der Waals surface area contributed by atoms with Crippen molar-refractivity contribution in [1.82, 2.24) is 0 Å². The monoisotopic (exact) mass is 361 g/mol. The lowest BCUT2D eigenvalue weighted by Crippen LogP contribution is -2.14. The molecule has 0 aliphatic carbocycles. The molecule has 0 aliphatic rings. The van der Waals surface area contributed by atoms with E-state index in [-0.39, 0.29) is 6.61 Å². The first-order chi connectivity index (χ1) is 10.2. The quantitative estimate of drug-likeness (QED) is 0.389. The van der Waals surface area contributed by atoms with E-state index in [0.717, 1.165) is 0 Å². The van der Waals surface area contributed by atoms with E-state index >= 15 is 0 Å². The Labute approximate surface area is 132 Å². The number of benzene rings is 1. The van der Waals surface area contributed by atoms with Gasteiger partial charge in [-0.3, -0.25) is 0 Å². The summed E-state index contributed by atoms with van der Waals surface area (Å²) in [5.41, 5.74) is 6.50. The minimum Gasteiger partial charge on any atom is -0.460 e. The molecule has 118 valence electrons. The summed E-state index contributed by atoms with van der Waals surface area (Å²) in [7, 11) is 1.62. The van der Waals surface area contributed by atoms with Gasteiger partial charge in [-0.2, -0.15) is 0 Å². The summed E-state index contributed by atoms with van der Waals surface area (Å²) in [5, 5.41) is 0. The summed E-state index contributed by atoms with van der Waals surface area (Å²) < 4.78 is 21.1. The van der Waals surface area contributed by atoms with Gasteiger partial charge in [0.05, 0.1) is 44.3 Å². The summed E-state index contributed by atoms with van der Waals surface area (Å²) >= 11 is 3.26. The van der Waals surface area contributed by atoms with Crippen LogP contribution in [0.4, 0.5) is 5.69 Å². The van der Waals surface area contributed by atoms with Crippen LogP contribution in [0.15, 0.2) is 22.7 Å². The fourth-order valence-electron chi connectivity index (χ4n) is 1.45. The number of nitrogen functional groups attached to an aromatic ring is 1. The highest BCUT2D eigenvalue weighted by Gasteiger charge is 2.12. The van der Waals surface area contributed by atoms with Crippen molar-refractivity contribution in [1.29, 1.82) is 0 Å². The fraction of sp³-hybridized carbons (Fsp3) is 0.500. The van der Waals surface area contributed by atoms with Crippen LogP contribution in [0, 0.1) is 0 Å². The van der Waals surface area contributed by atoms with Crippen LogP contribution in [-0.4, -0.2) is 52.7 Å². The molecule has 0 radical (unpaired) electrons. The molecule has 0 amide bonds. The summed E-state index contributed by atoms with van der Waals surface area (Å²) in [6.45, 7) is 2.51. The van der Waals surface area contributed by atoms with Crippen LogP contribution in [-0.2, 0) is 18.9 Å². The standard InChI is InChI=1S/C14H20BrNO5/c1-18-5-6-19-7-8-20-9-10-21-14(17)11-3-2-4-12(15)13(11)16/h2-4H,5-10,16H2,1H3. The van der Waals surface area contributed by atoms with Gasteiger partial charge >= 0.3 is 5.97 Å². The van der Waals surface area contributed by atoms with Gasteiger partial charge in [0, 0.05) is 11.6 Å². The van der Waals surface area contributed by atoms with Gasteiger partial charge in [-0.25, -0.2) is 4.79 Å². The first-order valence-corrected chi connectivity index (χ1v) is 7.31. The topological polar surface area (TPSA) is 80.0 Å². The van der Waals surface area contributed by atoms with E-state index in [9.17, 15) is 4.79 Å². The van der Waals surface area contributed by atoms with Crippen LogP contribution in [0.5, 0.6) is 0 Å². The zero-order chi connectivity index (χ0) is 15.5. The Bertz CT molecular complexity index is 441. The first-order valence-electron chi connectivity index (χ1n) is 6.52. The predicted octanol–water partition coefficient (Wildman–Crippen LogP) is 1.87. The van der Waals surface area contributed by atoms with Crippen molar-refractivity contribution in [2.75, 3.05) is 52.5 Å². The van der Waals surface area contributed by atoms with Crippen LogP contribution in [0.25, 0.3) is 0 Å². The highest BCUT2D eigenvalue weighted by atomic mass is 79.9. The second kappa shape index (κ2) is 10.6. The molecule has 21 heavy (non-hydrogen) atoms. The van der Waals surface area contributed by atoms with Crippen molar-refractivity contribution in [3.05, 3.63) is 28.2 Å². The average Bonchev–Trinajstić information content (AvgIpc) is 2.48. The molecule has 1 aromatic rings. The molecule has 0 saturated heterocycles. The van der Waals surface area contributed by atoms with E-state index in [4.69, 9.17) is 24.7 Å². The Kier molecular flexibility index (Phi) is 9.00. The third-order valence-electron chi connectivity index (χ3n) is 2.54. The molecule has 0 fully saturated rings. The lowest BCUT2D eigenvalue weighted by Gasteiger charge is -2.09. The number of methoxy groups -OCH3 is 1. The number of carbonyl (C=O) groups excluding carboxylic acids is 1. The number of rotatable bonds is 10. The van der Waals surface area contributed by atoms with E-state index in [2.05, 4.69) is 15.9 Å². The number of para-hydroxylation sites is 1. The summed E-state index contributed by atoms with van der Waals surface area (Å²) in [5.74, 6) is -0.464. The maximum absolute atomic E-state index is 11.8. The third-order valence-corrected chi connectivity index (χ3v) is 3.23. The van der Waals surface area contributed by atoms with Gasteiger partial charge in [0.15, 0.2) is 0 Å². The number of halogens is 1. The van der Waals surface area contributed by atoms with Gasteiger partial charge < -0.3 is 24.7 Å². The van der Waals surface area contributed by atoms with E-state index in [1.165, 1.54) is 0 Å². The number of hydrogen-bond acceptors (Lipinski definition) is 6. The summed E-state index contributed by atoms with van der Waals surface area (Å²) in [6, 6.07) is 5.11. The number of hydrogen-bond donors (Lipinski definition) is 1. The Morgan fingerprint density at radius 2 is 1.71 bits per heavy atom. The van der Waals surface area contributed by atoms with Crippen molar-refractivity contribution in [2.45, 2.75) is 0 Å². The smallest absolute Gasteiger partial charge is 0.340 e. The molecule has 7 heteroatoms. The van der Waals surface area contributed by atoms with Gasteiger partial charge in [-0.05, 0) is 28.1 Å². The van der Waals surface area contributed by atoms with Crippen LogP contribution >= 0.6 is 15.9 Å². The van der Waals surface area contributed by atoms with Crippen molar-refractivity contribution >= 4 is 27.6 Å². The van der Waals surface area contributed by atoms with Gasteiger partial charge in [-0.1, -0.05) is 6.07 Å². The molecule has 0 unspecified atom stereocenters. The molecule has 1 rings (SSSR count). The zero-order valence-electron chi connectivity index (χ0n) is 12.0. The Morgan fingerprint density at radius 3 is 2.38 bits per heavy atom. The van der Waals surface area contributed by atoms with Gasteiger partial charge in [0.2, 0.25) is 0 Å².